The van der Waals surface area contributed by atoms with E-state index in [2.05, 4.69) is 27.3 Å². The van der Waals surface area contributed by atoms with Crippen LogP contribution in [0.25, 0.3) is 11.0 Å². The molecule has 3 rings (SSSR count). The van der Waals surface area contributed by atoms with Gasteiger partial charge in [0.2, 0.25) is 0 Å². The molecule has 3 aromatic rings. The fraction of sp³-hybridized carbons (Fsp3) is 0.389. The molecule has 0 aliphatic rings. The van der Waals surface area contributed by atoms with E-state index in [4.69, 9.17) is 9.47 Å². The molecule has 0 saturated carbocycles. The van der Waals surface area contributed by atoms with Crippen LogP contribution < -0.4 is 10.1 Å². The van der Waals surface area contributed by atoms with Crippen LogP contribution in [0.1, 0.15) is 24.4 Å². The van der Waals surface area contributed by atoms with Crippen molar-refractivity contribution in [1.82, 2.24) is 19.7 Å². The van der Waals surface area contributed by atoms with Crippen molar-refractivity contribution in [1.29, 1.82) is 0 Å². The first-order valence-corrected chi connectivity index (χ1v) is 8.13. The Labute approximate surface area is 147 Å². The number of aryl methyl sites for hydroxylation is 2. The molecule has 132 valence electrons. The highest BCUT2D eigenvalue weighted by Gasteiger charge is 2.21. The molecule has 0 bridgehead atoms. The zero-order valence-electron chi connectivity index (χ0n) is 15.1. The summed E-state index contributed by atoms with van der Waals surface area (Å²) in [6, 6.07) is 7.88. The topological polar surface area (TPSA) is 74.1 Å². The summed E-state index contributed by atoms with van der Waals surface area (Å²) in [6.07, 6.45) is 1.65. The Hall–Kier alpha value is -2.67. The molecule has 0 fully saturated rings. The summed E-state index contributed by atoms with van der Waals surface area (Å²) in [5.41, 5.74) is 1.87. The highest BCUT2D eigenvalue weighted by molar-refractivity contribution is 5.86. The SMILES string of the molecule is COc1ccc([C@H](OC)[C@H](C)Nc2nc(C)nc3c2cnn3C)cc1. The largest absolute Gasteiger partial charge is 0.497 e. The zero-order chi connectivity index (χ0) is 18.0. The number of methoxy groups -OCH3 is 2. The molecular weight excluding hydrogens is 318 g/mol. The molecule has 0 aliphatic heterocycles. The molecule has 2 atom stereocenters. The van der Waals surface area contributed by atoms with Gasteiger partial charge in [0, 0.05) is 14.2 Å². The second-order valence-corrected chi connectivity index (χ2v) is 5.99. The Morgan fingerprint density at radius 3 is 2.48 bits per heavy atom. The quantitative estimate of drug-likeness (QED) is 0.743. The molecule has 7 nitrogen and oxygen atoms in total. The van der Waals surface area contributed by atoms with Gasteiger partial charge in [-0.2, -0.15) is 5.10 Å². The van der Waals surface area contributed by atoms with Crippen LogP contribution >= 0.6 is 0 Å². The number of hydrogen-bond donors (Lipinski definition) is 1. The van der Waals surface area contributed by atoms with E-state index in [-0.39, 0.29) is 12.1 Å². The average Bonchev–Trinajstić information content (AvgIpc) is 2.97. The monoisotopic (exact) mass is 341 g/mol. The fourth-order valence-electron chi connectivity index (χ4n) is 2.95. The highest BCUT2D eigenvalue weighted by atomic mass is 16.5. The molecule has 0 spiro atoms. The minimum absolute atomic E-state index is 0.00361. The Balaban J connectivity index is 1.88. The fourth-order valence-corrected chi connectivity index (χ4v) is 2.95. The van der Waals surface area contributed by atoms with E-state index in [1.54, 1.807) is 25.1 Å². The molecule has 1 N–H and O–H groups in total. The summed E-state index contributed by atoms with van der Waals surface area (Å²) in [6.45, 7) is 3.94. The van der Waals surface area contributed by atoms with E-state index < -0.39 is 0 Å². The number of fused-ring (bicyclic) bond motifs is 1. The van der Waals surface area contributed by atoms with Crippen LogP contribution in [0, 0.1) is 6.92 Å². The average molecular weight is 341 g/mol. The van der Waals surface area contributed by atoms with Crippen molar-refractivity contribution in [3.8, 4) is 5.75 Å². The van der Waals surface area contributed by atoms with Gasteiger partial charge in [0.1, 0.15) is 23.5 Å². The minimum atomic E-state index is -0.132. The van der Waals surface area contributed by atoms with E-state index >= 15 is 0 Å². The normalized spacial score (nSPS) is 13.6. The summed E-state index contributed by atoms with van der Waals surface area (Å²) in [5, 5.41) is 8.63. The van der Waals surface area contributed by atoms with Gasteiger partial charge in [-0.25, -0.2) is 9.97 Å². The number of aromatic nitrogens is 4. The molecule has 0 amide bonds. The summed E-state index contributed by atoms with van der Waals surface area (Å²) in [7, 11) is 5.23. The summed E-state index contributed by atoms with van der Waals surface area (Å²) in [4.78, 5) is 8.99. The van der Waals surface area contributed by atoms with Crippen LogP contribution in [0.3, 0.4) is 0 Å². The minimum Gasteiger partial charge on any atom is -0.497 e. The third-order valence-corrected chi connectivity index (χ3v) is 4.22. The van der Waals surface area contributed by atoms with Crippen molar-refractivity contribution in [3.63, 3.8) is 0 Å². The number of benzene rings is 1. The van der Waals surface area contributed by atoms with E-state index in [1.165, 1.54) is 0 Å². The molecule has 25 heavy (non-hydrogen) atoms. The van der Waals surface area contributed by atoms with Gasteiger partial charge in [-0.15, -0.1) is 0 Å². The Morgan fingerprint density at radius 1 is 1.12 bits per heavy atom. The van der Waals surface area contributed by atoms with Gasteiger partial charge < -0.3 is 14.8 Å². The first-order chi connectivity index (χ1) is 12.0. The third kappa shape index (κ3) is 3.41. The second kappa shape index (κ2) is 7.06. The third-order valence-electron chi connectivity index (χ3n) is 4.22. The molecule has 0 aliphatic carbocycles. The van der Waals surface area contributed by atoms with E-state index in [0.29, 0.717) is 5.82 Å². The molecular formula is C18H23N5O2. The summed E-state index contributed by atoms with van der Waals surface area (Å²) in [5.74, 6) is 2.28. The number of nitrogens with one attached hydrogen (secondary N) is 1. The van der Waals surface area contributed by atoms with Crippen molar-refractivity contribution in [2.75, 3.05) is 19.5 Å². The molecule has 0 unspecified atom stereocenters. The predicted molar refractivity (Wildman–Crippen MR) is 96.9 cm³/mol. The second-order valence-electron chi connectivity index (χ2n) is 5.99. The molecule has 0 radical (unpaired) electrons. The Bertz CT molecular complexity index is 860. The van der Waals surface area contributed by atoms with Gasteiger partial charge in [0.15, 0.2) is 5.65 Å². The maximum Gasteiger partial charge on any atom is 0.163 e. The van der Waals surface area contributed by atoms with E-state index in [1.807, 2.05) is 38.2 Å². The molecule has 2 heterocycles. The van der Waals surface area contributed by atoms with Crippen molar-refractivity contribution < 1.29 is 9.47 Å². The molecule has 1 aromatic carbocycles. The number of anilines is 1. The van der Waals surface area contributed by atoms with Gasteiger partial charge in [0.05, 0.1) is 24.7 Å². The highest BCUT2D eigenvalue weighted by Crippen LogP contribution is 2.27. The van der Waals surface area contributed by atoms with Gasteiger partial charge in [-0.3, -0.25) is 4.68 Å². The smallest absolute Gasteiger partial charge is 0.163 e. The number of nitrogens with zero attached hydrogens (tertiary/aromatic N) is 4. The Kier molecular flexibility index (Phi) is 4.85. The summed E-state index contributed by atoms with van der Waals surface area (Å²) >= 11 is 0. The maximum absolute atomic E-state index is 5.72. The van der Waals surface area contributed by atoms with Crippen molar-refractivity contribution in [2.24, 2.45) is 7.05 Å². The number of rotatable bonds is 6. The van der Waals surface area contributed by atoms with Gasteiger partial charge in [-0.1, -0.05) is 12.1 Å². The summed E-state index contributed by atoms with van der Waals surface area (Å²) < 4.78 is 12.7. The van der Waals surface area contributed by atoms with Crippen molar-refractivity contribution in [3.05, 3.63) is 41.9 Å². The van der Waals surface area contributed by atoms with Crippen LogP contribution in [-0.2, 0) is 11.8 Å². The zero-order valence-corrected chi connectivity index (χ0v) is 15.1. The predicted octanol–water partition coefficient (Wildman–Crippen LogP) is 2.87. The van der Waals surface area contributed by atoms with E-state index in [0.717, 1.165) is 28.2 Å². The number of ether oxygens (including phenoxy) is 2. The first kappa shape index (κ1) is 17.2. The molecule has 2 aromatic heterocycles. The molecule has 7 heteroatoms. The lowest BCUT2D eigenvalue weighted by Crippen LogP contribution is -2.26. The van der Waals surface area contributed by atoms with Crippen LogP contribution in [0.2, 0.25) is 0 Å². The lowest BCUT2D eigenvalue weighted by Gasteiger charge is -2.25. The van der Waals surface area contributed by atoms with Crippen LogP contribution in [0.15, 0.2) is 30.5 Å². The van der Waals surface area contributed by atoms with Crippen molar-refractivity contribution in [2.45, 2.75) is 26.0 Å². The lowest BCUT2D eigenvalue weighted by atomic mass is 10.0. The molecule has 0 saturated heterocycles. The Morgan fingerprint density at radius 2 is 1.84 bits per heavy atom. The van der Waals surface area contributed by atoms with Crippen LogP contribution in [-0.4, -0.2) is 40.0 Å². The maximum atomic E-state index is 5.72. The van der Waals surface area contributed by atoms with Crippen LogP contribution in [0.4, 0.5) is 5.82 Å². The van der Waals surface area contributed by atoms with Gasteiger partial charge in [-0.05, 0) is 31.5 Å². The van der Waals surface area contributed by atoms with Crippen molar-refractivity contribution >= 4 is 16.9 Å². The lowest BCUT2D eigenvalue weighted by molar-refractivity contribution is 0.0906. The van der Waals surface area contributed by atoms with E-state index in [9.17, 15) is 0 Å². The standard InChI is InChI=1S/C18H23N5O2/c1-11(16(25-5)13-6-8-14(24-4)9-7-13)20-17-15-10-19-23(3)18(15)22-12(2)21-17/h6-11,16H,1-5H3,(H,20,21,22)/t11-,16+/m0/s1. The first-order valence-electron chi connectivity index (χ1n) is 8.13. The van der Waals surface area contributed by atoms with Crippen LogP contribution in [0.5, 0.6) is 5.75 Å². The van der Waals surface area contributed by atoms with Gasteiger partial charge in [0.25, 0.3) is 0 Å². The van der Waals surface area contributed by atoms with Gasteiger partial charge >= 0.3 is 0 Å². The number of hydrogen-bond acceptors (Lipinski definition) is 6.